The maximum atomic E-state index is 2.48. The molecule has 0 N–H and O–H groups in total. The Morgan fingerprint density at radius 3 is 0.943 bits per heavy atom. The Morgan fingerprint density at radius 2 is 0.604 bits per heavy atom. The lowest BCUT2D eigenvalue weighted by Gasteiger charge is -2.16. The van der Waals surface area contributed by atoms with Crippen molar-refractivity contribution >= 4 is 77.3 Å². The van der Waals surface area contributed by atoms with Gasteiger partial charge in [-0.25, -0.2) is 0 Å². The van der Waals surface area contributed by atoms with Crippen LogP contribution in [0, 0.1) is 27.7 Å². The maximum Gasteiger partial charge on any atom is 0.219 e. The molecule has 0 unspecified atom stereocenters. The van der Waals surface area contributed by atoms with Gasteiger partial charge in [0.15, 0.2) is 0 Å². The first-order valence-electron chi connectivity index (χ1n) is 18.5. The summed E-state index contributed by atoms with van der Waals surface area (Å²) in [4.78, 5) is 0. The van der Waals surface area contributed by atoms with Crippen molar-refractivity contribution in [3.05, 3.63) is 192 Å². The van der Waals surface area contributed by atoms with Gasteiger partial charge >= 0.3 is 0 Å². The quantitative estimate of drug-likeness (QED) is 0.129. The molecule has 0 bridgehead atoms. The molecule has 1 aliphatic carbocycles. The highest BCUT2D eigenvalue weighted by molar-refractivity contribution is 6.25. The second-order valence-electron chi connectivity index (χ2n) is 14.4. The molecule has 0 saturated heterocycles. The van der Waals surface area contributed by atoms with Gasteiger partial charge in [0.1, 0.15) is 0 Å². The van der Waals surface area contributed by atoms with E-state index in [1.165, 1.54) is 93.7 Å². The third kappa shape index (κ3) is 5.41. The van der Waals surface area contributed by atoms with Crippen molar-refractivity contribution in [2.24, 2.45) is 0 Å². The highest BCUT2D eigenvalue weighted by atomic mass is 15.0. The standard InChI is InChI=1S/C51H42N2/c1-33-14-6-22-43-39(33)18-10-26-48(43)52(49-27-11-19-40-34(2)15-7-23-44(40)49)38-30-31-47(37(5)32-38)53(50-28-12-20-41-35(3)16-8-24-45(41)50)51-29-13-21-42-36(4)17-9-25-46(42)51/h6-32H,1-5H3/q+2. The van der Waals surface area contributed by atoms with Crippen LogP contribution in [0.1, 0.15) is 29.2 Å². The Labute approximate surface area is 311 Å². The van der Waals surface area contributed by atoms with Gasteiger partial charge in [0, 0.05) is 48.1 Å². The third-order valence-corrected chi connectivity index (χ3v) is 11.1. The number of fused-ring (bicyclic) bond motifs is 4. The van der Waals surface area contributed by atoms with E-state index in [9.17, 15) is 0 Å². The van der Waals surface area contributed by atoms with E-state index in [-0.39, 0.29) is 0 Å². The average molecular weight is 683 g/mol. The molecule has 9 rings (SSSR count). The predicted molar refractivity (Wildman–Crippen MR) is 231 cm³/mol. The van der Waals surface area contributed by atoms with Crippen molar-refractivity contribution in [3.8, 4) is 0 Å². The summed E-state index contributed by atoms with van der Waals surface area (Å²) < 4.78 is 4.95. The van der Waals surface area contributed by atoms with Gasteiger partial charge in [-0.3, -0.25) is 0 Å². The molecular formula is C51H42N2+2. The fourth-order valence-electron chi connectivity index (χ4n) is 8.41. The molecule has 53 heavy (non-hydrogen) atoms. The zero-order chi connectivity index (χ0) is 36.2. The van der Waals surface area contributed by atoms with Gasteiger partial charge in [-0.15, -0.1) is 0 Å². The minimum absolute atomic E-state index is 1.12. The molecule has 0 aliphatic heterocycles. The molecule has 1 aliphatic rings. The number of allylic oxidation sites excluding steroid dienone is 4. The molecule has 0 saturated carbocycles. The fraction of sp³-hybridized carbons (Fsp3) is 0.0980. The molecule has 0 fully saturated rings. The van der Waals surface area contributed by atoms with Crippen LogP contribution in [0.2, 0.25) is 0 Å². The van der Waals surface area contributed by atoms with Crippen molar-refractivity contribution in [2.45, 2.75) is 34.6 Å². The Balaban J connectivity index is 1.37. The minimum Gasteiger partial charge on any atom is -0.153 e. The SMILES string of the molecule is CC1=CC(=[N+](c2cccc3c(C)cccc23)c2cccc3c(C)cccc23)C=CC1=[N+](c1cccc2c(C)cccc12)c1cccc2c(C)cccc12. The number of aryl methyl sites for hydroxylation is 4. The van der Waals surface area contributed by atoms with Gasteiger partial charge in [-0.2, -0.15) is 9.15 Å². The first-order valence-corrected chi connectivity index (χ1v) is 18.5. The number of benzene rings is 8. The Kier molecular flexibility index (Phi) is 7.97. The molecule has 0 radical (unpaired) electrons. The Bertz CT molecular complexity index is 2760. The van der Waals surface area contributed by atoms with Gasteiger partial charge in [-0.05, 0) is 103 Å². The summed E-state index contributed by atoms with van der Waals surface area (Å²) in [5.41, 5.74) is 13.2. The highest BCUT2D eigenvalue weighted by Crippen LogP contribution is 2.38. The van der Waals surface area contributed by atoms with Gasteiger partial charge in [0.05, 0.1) is 21.5 Å². The lowest BCUT2D eigenvalue weighted by Crippen LogP contribution is -2.23. The van der Waals surface area contributed by atoms with E-state index >= 15 is 0 Å². The third-order valence-electron chi connectivity index (χ3n) is 11.1. The lowest BCUT2D eigenvalue weighted by molar-refractivity contribution is 1.09. The monoisotopic (exact) mass is 682 g/mol. The number of rotatable bonds is 4. The Morgan fingerprint density at radius 1 is 0.302 bits per heavy atom. The van der Waals surface area contributed by atoms with Crippen molar-refractivity contribution in [3.63, 3.8) is 0 Å². The second-order valence-corrected chi connectivity index (χ2v) is 14.4. The van der Waals surface area contributed by atoms with Crippen LogP contribution >= 0.6 is 0 Å². The number of hydrogen-bond acceptors (Lipinski definition) is 0. The fourth-order valence-corrected chi connectivity index (χ4v) is 8.41. The van der Waals surface area contributed by atoms with E-state index in [0.717, 1.165) is 11.4 Å². The maximum absolute atomic E-state index is 2.48. The predicted octanol–water partition coefficient (Wildman–Crippen LogP) is 13.3. The molecule has 0 spiro atoms. The number of nitrogens with zero attached hydrogens (tertiary/aromatic N) is 2. The molecule has 0 atom stereocenters. The molecule has 8 aromatic rings. The largest absolute Gasteiger partial charge is 0.219 e. The van der Waals surface area contributed by atoms with Crippen LogP contribution in [0.25, 0.3) is 43.1 Å². The van der Waals surface area contributed by atoms with Crippen LogP contribution in [0.15, 0.2) is 169 Å². The van der Waals surface area contributed by atoms with Crippen LogP contribution in [-0.2, 0) is 0 Å². The molecule has 0 amide bonds. The first-order chi connectivity index (χ1) is 25.9. The topological polar surface area (TPSA) is 6.02 Å². The van der Waals surface area contributed by atoms with Crippen LogP contribution in [-0.4, -0.2) is 11.4 Å². The average Bonchev–Trinajstić information content (AvgIpc) is 3.17. The van der Waals surface area contributed by atoms with E-state index in [4.69, 9.17) is 0 Å². The van der Waals surface area contributed by atoms with Crippen LogP contribution in [0.4, 0.5) is 22.7 Å². The first kappa shape index (κ1) is 32.5. The molecule has 8 aromatic carbocycles. The smallest absolute Gasteiger partial charge is 0.153 e. The van der Waals surface area contributed by atoms with Crippen molar-refractivity contribution in [1.82, 2.24) is 9.15 Å². The van der Waals surface area contributed by atoms with Gasteiger partial charge in [0.25, 0.3) is 0 Å². The van der Waals surface area contributed by atoms with Crippen molar-refractivity contribution in [1.29, 1.82) is 0 Å². The Hall–Kier alpha value is -6.38. The van der Waals surface area contributed by atoms with E-state index in [1.54, 1.807) is 0 Å². The van der Waals surface area contributed by atoms with Gasteiger partial charge in [0.2, 0.25) is 34.2 Å². The summed E-state index contributed by atoms with van der Waals surface area (Å²) in [5.74, 6) is 0. The van der Waals surface area contributed by atoms with Crippen LogP contribution < -0.4 is 9.15 Å². The highest BCUT2D eigenvalue weighted by Gasteiger charge is 2.30. The second kappa shape index (κ2) is 13.0. The molecular weight excluding hydrogens is 641 g/mol. The zero-order valence-corrected chi connectivity index (χ0v) is 31.0. The van der Waals surface area contributed by atoms with Gasteiger partial charge in [-0.1, -0.05) is 97.1 Å². The van der Waals surface area contributed by atoms with E-state index in [1.807, 2.05) is 0 Å². The molecule has 0 heterocycles. The summed E-state index contributed by atoms with van der Waals surface area (Å²) in [5, 5.41) is 10.0. The van der Waals surface area contributed by atoms with Crippen LogP contribution in [0.3, 0.4) is 0 Å². The molecule has 2 heteroatoms. The zero-order valence-electron chi connectivity index (χ0n) is 31.0. The minimum atomic E-state index is 1.12. The summed E-state index contributed by atoms with van der Waals surface area (Å²) in [6.07, 6.45) is 7.01. The molecule has 2 nitrogen and oxygen atoms in total. The summed E-state index contributed by atoms with van der Waals surface area (Å²) >= 11 is 0. The van der Waals surface area contributed by atoms with Crippen molar-refractivity contribution < 1.29 is 0 Å². The van der Waals surface area contributed by atoms with E-state index in [2.05, 4.69) is 208 Å². The van der Waals surface area contributed by atoms with Crippen LogP contribution in [0.5, 0.6) is 0 Å². The summed E-state index contributed by atoms with van der Waals surface area (Å²) in [6.45, 7) is 11.1. The number of hydrogen-bond donors (Lipinski definition) is 0. The molecule has 254 valence electrons. The normalized spacial score (nSPS) is 13.0. The summed E-state index contributed by atoms with van der Waals surface area (Å²) in [7, 11) is 0. The lowest BCUT2D eigenvalue weighted by atomic mass is 9.97. The molecule has 0 aromatic heterocycles. The van der Waals surface area contributed by atoms with E-state index < -0.39 is 0 Å². The van der Waals surface area contributed by atoms with Crippen molar-refractivity contribution in [2.75, 3.05) is 0 Å². The summed E-state index contributed by atoms with van der Waals surface area (Å²) in [6, 6.07) is 53.4. The van der Waals surface area contributed by atoms with Gasteiger partial charge < -0.3 is 0 Å². The van der Waals surface area contributed by atoms with E-state index in [0.29, 0.717) is 0 Å².